The van der Waals surface area contributed by atoms with Gasteiger partial charge in [-0.05, 0) is 63.0 Å². The van der Waals surface area contributed by atoms with Gasteiger partial charge in [0, 0.05) is 12.1 Å². The Hall–Kier alpha value is -3.39. The van der Waals surface area contributed by atoms with Crippen molar-refractivity contribution in [3.8, 4) is 11.5 Å². The Labute approximate surface area is 180 Å². The summed E-state index contributed by atoms with van der Waals surface area (Å²) in [5.41, 5.74) is 0.374. The van der Waals surface area contributed by atoms with Crippen LogP contribution in [-0.4, -0.2) is 66.0 Å². The van der Waals surface area contributed by atoms with Gasteiger partial charge in [0.25, 0.3) is 11.7 Å². The number of ketones is 1. The highest BCUT2D eigenvalue weighted by atomic mass is 19.1. The van der Waals surface area contributed by atoms with E-state index in [0.717, 1.165) is 6.07 Å². The zero-order valence-corrected chi connectivity index (χ0v) is 17.6. The summed E-state index contributed by atoms with van der Waals surface area (Å²) in [6.45, 7) is 0.969. The second-order valence-corrected chi connectivity index (χ2v) is 7.59. The Bertz CT molecular complexity index is 1030. The molecule has 0 radical (unpaired) electrons. The van der Waals surface area contributed by atoms with E-state index in [1.807, 2.05) is 19.0 Å². The van der Waals surface area contributed by atoms with E-state index in [2.05, 4.69) is 0 Å². The number of hydrogen-bond acceptors (Lipinski definition) is 6. The number of amides is 1. The maximum atomic E-state index is 14.2. The number of ether oxygens (including phenoxy) is 1. The van der Waals surface area contributed by atoms with E-state index in [0.29, 0.717) is 18.5 Å². The maximum Gasteiger partial charge on any atom is 0.295 e. The summed E-state index contributed by atoms with van der Waals surface area (Å²) in [4.78, 5) is 29.1. The Morgan fingerprint density at radius 1 is 1.19 bits per heavy atom. The summed E-state index contributed by atoms with van der Waals surface area (Å²) in [5, 5.41) is 20.9. The zero-order valence-electron chi connectivity index (χ0n) is 17.6. The number of aliphatic hydroxyl groups excluding tert-OH is 1. The number of Topliss-reactive ketones (excluding diaryl/α,β-unsaturated/α-hetero) is 1. The van der Waals surface area contributed by atoms with Crippen molar-refractivity contribution in [2.24, 2.45) is 0 Å². The molecule has 1 heterocycles. The number of hydrogen-bond donors (Lipinski definition) is 2. The van der Waals surface area contributed by atoms with Crippen LogP contribution >= 0.6 is 0 Å². The van der Waals surface area contributed by atoms with Crippen LogP contribution in [0.3, 0.4) is 0 Å². The molecule has 0 spiro atoms. The second-order valence-electron chi connectivity index (χ2n) is 7.59. The van der Waals surface area contributed by atoms with Gasteiger partial charge in [0.05, 0.1) is 18.7 Å². The van der Waals surface area contributed by atoms with E-state index >= 15 is 0 Å². The SMILES string of the molecule is COc1ccc(/C(O)=C2/C(=O)C(=O)N(CCCN(C)C)C2c2cccc(O)c2)cc1F. The molecular formula is C23H25FN2O5. The Kier molecular flexibility index (Phi) is 6.60. The first-order chi connectivity index (χ1) is 14.7. The highest BCUT2D eigenvalue weighted by molar-refractivity contribution is 6.46. The van der Waals surface area contributed by atoms with Crippen molar-refractivity contribution in [3.05, 3.63) is 65.0 Å². The van der Waals surface area contributed by atoms with Crippen LogP contribution in [0.5, 0.6) is 11.5 Å². The number of nitrogens with zero attached hydrogens (tertiary/aromatic N) is 2. The van der Waals surface area contributed by atoms with Gasteiger partial charge in [0.2, 0.25) is 0 Å². The summed E-state index contributed by atoms with van der Waals surface area (Å²) in [6.07, 6.45) is 0.604. The molecule has 1 saturated heterocycles. The van der Waals surface area contributed by atoms with Crippen LogP contribution in [0.1, 0.15) is 23.6 Å². The predicted octanol–water partition coefficient (Wildman–Crippen LogP) is 2.91. The van der Waals surface area contributed by atoms with Crippen LogP contribution in [-0.2, 0) is 9.59 Å². The molecule has 2 N–H and O–H groups in total. The summed E-state index contributed by atoms with van der Waals surface area (Å²) in [5.74, 6) is -2.84. The molecule has 0 saturated carbocycles. The van der Waals surface area contributed by atoms with Crippen LogP contribution < -0.4 is 4.74 Å². The lowest BCUT2D eigenvalue weighted by Crippen LogP contribution is -2.32. The van der Waals surface area contributed by atoms with E-state index < -0.39 is 29.3 Å². The molecule has 2 aromatic rings. The van der Waals surface area contributed by atoms with Crippen molar-refractivity contribution >= 4 is 17.4 Å². The molecule has 1 amide bonds. The number of aromatic hydroxyl groups is 1. The number of halogens is 1. The molecule has 1 unspecified atom stereocenters. The standard InChI is InChI=1S/C23H25FN2O5/c1-25(2)10-5-11-26-20(14-6-4-7-16(27)12-14)19(22(29)23(26)30)21(28)15-8-9-18(31-3)17(24)13-15/h4,6-9,12-13,20,27-28H,5,10-11H2,1-3H3/b21-19-. The van der Waals surface area contributed by atoms with E-state index in [1.54, 1.807) is 12.1 Å². The van der Waals surface area contributed by atoms with Crippen molar-refractivity contribution in [3.63, 3.8) is 0 Å². The van der Waals surface area contributed by atoms with E-state index in [-0.39, 0.29) is 29.2 Å². The van der Waals surface area contributed by atoms with Crippen LogP contribution in [0.2, 0.25) is 0 Å². The monoisotopic (exact) mass is 428 g/mol. The van der Waals surface area contributed by atoms with Crippen LogP contribution in [0.25, 0.3) is 5.76 Å². The maximum absolute atomic E-state index is 14.2. The van der Waals surface area contributed by atoms with Gasteiger partial charge in [0.15, 0.2) is 11.6 Å². The molecule has 3 rings (SSSR count). The van der Waals surface area contributed by atoms with E-state index in [1.165, 1.54) is 36.3 Å². The van der Waals surface area contributed by atoms with Gasteiger partial charge >= 0.3 is 0 Å². The minimum Gasteiger partial charge on any atom is -0.508 e. The summed E-state index contributed by atoms with van der Waals surface area (Å²) < 4.78 is 19.1. The van der Waals surface area contributed by atoms with Crippen LogP contribution in [0.15, 0.2) is 48.0 Å². The lowest BCUT2D eigenvalue weighted by Gasteiger charge is -2.26. The van der Waals surface area contributed by atoms with Gasteiger partial charge in [-0.25, -0.2) is 4.39 Å². The Morgan fingerprint density at radius 3 is 2.55 bits per heavy atom. The van der Waals surface area contributed by atoms with E-state index in [4.69, 9.17) is 4.74 Å². The van der Waals surface area contributed by atoms with Crippen LogP contribution in [0, 0.1) is 5.82 Å². The quantitative estimate of drug-likeness (QED) is 0.400. The molecule has 1 aliphatic heterocycles. The Morgan fingerprint density at radius 2 is 1.94 bits per heavy atom. The van der Waals surface area contributed by atoms with Crippen molar-refractivity contribution in [2.75, 3.05) is 34.3 Å². The first kappa shape index (κ1) is 22.3. The zero-order chi connectivity index (χ0) is 22.7. The topological polar surface area (TPSA) is 90.3 Å². The lowest BCUT2D eigenvalue weighted by atomic mass is 9.95. The second kappa shape index (κ2) is 9.18. The molecule has 1 atom stereocenters. The van der Waals surface area contributed by atoms with Crippen molar-refractivity contribution in [1.82, 2.24) is 9.80 Å². The van der Waals surface area contributed by atoms with Gasteiger partial charge in [-0.15, -0.1) is 0 Å². The molecule has 1 fully saturated rings. The first-order valence-electron chi connectivity index (χ1n) is 9.80. The number of phenolic OH excluding ortho intramolecular Hbond substituents is 1. The van der Waals surface area contributed by atoms with Gasteiger partial charge in [-0.1, -0.05) is 12.1 Å². The lowest BCUT2D eigenvalue weighted by molar-refractivity contribution is -0.139. The first-order valence-corrected chi connectivity index (χ1v) is 9.80. The fraction of sp³-hybridized carbons (Fsp3) is 0.304. The number of likely N-dealkylation sites (tertiary alicyclic amines) is 1. The van der Waals surface area contributed by atoms with Crippen LogP contribution in [0.4, 0.5) is 4.39 Å². The molecule has 0 bridgehead atoms. The predicted molar refractivity (Wildman–Crippen MR) is 113 cm³/mol. The minimum atomic E-state index is -0.903. The summed E-state index contributed by atoms with van der Waals surface area (Å²) >= 11 is 0. The molecule has 1 aliphatic rings. The molecule has 164 valence electrons. The summed E-state index contributed by atoms with van der Waals surface area (Å²) in [6, 6.07) is 9.07. The normalized spacial score (nSPS) is 18.1. The number of aliphatic hydroxyl groups is 1. The third kappa shape index (κ3) is 4.54. The average molecular weight is 428 g/mol. The fourth-order valence-corrected chi connectivity index (χ4v) is 3.68. The fourth-order valence-electron chi connectivity index (χ4n) is 3.68. The molecule has 31 heavy (non-hydrogen) atoms. The van der Waals surface area contributed by atoms with E-state index in [9.17, 15) is 24.2 Å². The highest BCUT2D eigenvalue weighted by Crippen LogP contribution is 2.40. The number of rotatable bonds is 7. The molecular weight excluding hydrogens is 403 g/mol. The number of phenols is 1. The number of methoxy groups -OCH3 is 1. The molecule has 8 heteroatoms. The highest BCUT2D eigenvalue weighted by Gasteiger charge is 2.45. The molecule has 2 aromatic carbocycles. The van der Waals surface area contributed by atoms with Gasteiger partial charge in [-0.2, -0.15) is 0 Å². The number of carbonyl (C=O) groups is 2. The average Bonchev–Trinajstić information content (AvgIpc) is 2.98. The third-order valence-corrected chi connectivity index (χ3v) is 5.16. The van der Waals surface area contributed by atoms with Crippen molar-refractivity contribution in [2.45, 2.75) is 12.5 Å². The van der Waals surface area contributed by atoms with Gasteiger partial charge in [-0.3, -0.25) is 9.59 Å². The molecule has 0 aromatic heterocycles. The third-order valence-electron chi connectivity index (χ3n) is 5.16. The molecule has 7 nitrogen and oxygen atoms in total. The summed E-state index contributed by atoms with van der Waals surface area (Å²) in [7, 11) is 5.12. The smallest absolute Gasteiger partial charge is 0.295 e. The molecule has 0 aliphatic carbocycles. The number of carbonyl (C=O) groups excluding carboxylic acids is 2. The number of benzene rings is 2. The largest absolute Gasteiger partial charge is 0.508 e. The van der Waals surface area contributed by atoms with Gasteiger partial charge in [0.1, 0.15) is 11.5 Å². The Balaban J connectivity index is 2.11. The van der Waals surface area contributed by atoms with Crippen molar-refractivity contribution in [1.29, 1.82) is 0 Å². The van der Waals surface area contributed by atoms with Gasteiger partial charge < -0.3 is 24.7 Å². The minimum absolute atomic E-state index is 0.00906. The van der Waals surface area contributed by atoms with Crippen molar-refractivity contribution < 1.29 is 28.9 Å².